The predicted molar refractivity (Wildman–Crippen MR) is 60.9 cm³/mol. The lowest BCUT2D eigenvalue weighted by Crippen LogP contribution is -2.16. The van der Waals surface area contributed by atoms with Crippen LogP contribution in [0.25, 0.3) is 0 Å². The minimum atomic E-state index is -0.362. The maximum Gasteiger partial charge on any atom is 0.356 e. The van der Waals surface area contributed by atoms with Crippen molar-refractivity contribution in [2.45, 2.75) is 25.7 Å². The lowest BCUT2D eigenvalue weighted by atomic mass is 9.83. The predicted octanol–water partition coefficient (Wildman–Crippen LogP) is 2.01. The summed E-state index contributed by atoms with van der Waals surface area (Å²) >= 11 is 0. The molecule has 2 N–H and O–H groups in total. The zero-order valence-electron chi connectivity index (χ0n) is 9.19. The first-order valence-electron chi connectivity index (χ1n) is 5.64. The van der Waals surface area contributed by atoms with Crippen molar-refractivity contribution in [2.75, 3.05) is 12.3 Å². The molecule has 1 aliphatic rings. The fourth-order valence-corrected chi connectivity index (χ4v) is 1.70. The Morgan fingerprint density at radius 3 is 2.88 bits per heavy atom. The molecule has 0 aromatic carbocycles. The number of pyridine rings is 1. The van der Waals surface area contributed by atoms with Gasteiger partial charge in [0.2, 0.25) is 0 Å². The molecular formula is C12H16N2O2. The molecule has 0 radical (unpaired) electrons. The number of anilines is 1. The Balaban J connectivity index is 1.76. The van der Waals surface area contributed by atoms with Crippen LogP contribution in [0, 0.1) is 5.92 Å². The molecule has 4 nitrogen and oxygen atoms in total. The maximum atomic E-state index is 11.5. The Bertz CT molecular complexity index is 358. The largest absolute Gasteiger partial charge is 0.461 e. The van der Waals surface area contributed by atoms with E-state index in [0.717, 1.165) is 12.3 Å². The number of nitrogens with two attached hydrogens (primary N) is 1. The topological polar surface area (TPSA) is 65.2 Å². The molecule has 1 aliphatic carbocycles. The zero-order chi connectivity index (χ0) is 11.4. The van der Waals surface area contributed by atoms with E-state index >= 15 is 0 Å². The van der Waals surface area contributed by atoms with Crippen molar-refractivity contribution < 1.29 is 9.53 Å². The van der Waals surface area contributed by atoms with Crippen LogP contribution in [0.5, 0.6) is 0 Å². The van der Waals surface area contributed by atoms with E-state index in [1.807, 2.05) is 0 Å². The third kappa shape index (κ3) is 2.72. The van der Waals surface area contributed by atoms with Gasteiger partial charge in [-0.2, -0.15) is 0 Å². The first-order chi connectivity index (χ1) is 7.75. The molecule has 0 spiro atoms. The number of ether oxygens (including phenoxy) is 1. The highest BCUT2D eigenvalue weighted by Gasteiger charge is 2.17. The Morgan fingerprint density at radius 2 is 2.31 bits per heavy atom. The highest BCUT2D eigenvalue weighted by atomic mass is 16.5. The Kier molecular flexibility index (Phi) is 3.39. The van der Waals surface area contributed by atoms with Crippen LogP contribution < -0.4 is 5.73 Å². The van der Waals surface area contributed by atoms with Gasteiger partial charge in [0.05, 0.1) is 18.5 Å². The number of nitrogens with zero attached hydrogens (tertiary/aromatic N) is 1. The zero-order valence-corrected chi connectivity index (χ0v) is 9.19. The van der Waals surface area contributed by atoms with Crippen LogP contribution in [0.2, 0.25) is 0 Å². The molecule has 1 saturated carbocycles. The van der Waals surface area contributed by atoms with Crippen molar-refractivity contribution in [3.63, 3.8) is 0 Å². The van der Waals surface area contributed by atoms with Crippen LogP contribution in [-0.2, 0) is 4.74 Å². The minimum Gasteiger partial charge on any atom is -0.461 e. The number of hydrogen-bond donors (Lipinski definition) is 1. The summed E-state index contributed by atoms with van der Waals surface area (Å²) in [7, 11) is 0. The van der Waals surface area contributed by atoms with Gasteiger partial charge in [0.15, 0.2) is 0 Å². The number of aromatic nitrogens is 1. The molecule has 0 amide bonds. The van der Waals surface area contributed by atoms with Gasteiger partial charge in [-0.1, -0.05) is 19.3 Å². The minimum absolute atomic E-state index is 0.322. The van der Waals surface area contributed by atoms with Crippen LogP contribution in [0.3, 0.4) is 0 Å². The highest BCUT2D eigenvalue weighted by molar-refractivity contribution is 5.87. The molecule has 0 saturated heterocycles. The molecule has 0 bridgehead atoms. The van der Waals surface area contributed by atoms with E-state index < -0.39 is 0 Å². The fourth-order valence-electron chi connectivity index (χ4n) is 1.70. The van der Waals surface area contributed by atoms with Gasteiger partial charge in [-0.25, -0.2) is 9.78 Å². The monoisotopic (exact) mass is 220 g/mol. The molecule has 86 valence electrons. The van der Waals surface area contributed by atoms with Crippen molar-refractivity contribution >= 4 is 11.7 Å². The van der Waals surface area contributed by atoms with Crippen LogP contribution in [0.1, 0.15) is 36.2 Å². The standard InChI is InChI=1S/C12H16N2O2/c13-10-4-5-11(14-8-10)12(15)16-7-6-9-2-1-3-9/h4-5,8-9H,1-3,6-7,13H2. The third-order valence-corrected chi connectivity index (χ3v) is 2.98. The van der Waals surface area contributed by atoms with Gasteiger partial charge in [-0.15, -0.1) is 0 Å². The van der Waals surface area contributed by atoms with Crippen molar-refractivity contribution in [1.82, 2.24) is 4.98 Å². The van der Waals surface area contributed by atoms with E-state index in [2.05, 4.69) is 4.98 Å². The molecular weight excluding hydrogens is 204 g/mol. The Hall–Kier alpha value is -1.58. The molecule has 1 heterocycles. The first kappa shape index (κ1) is 10.9. The number of carbonyl (C=O) groups excluding carboxylic acids is 1. The Labute approximate surface area is 94.8 Å². The molecule has 4 heteroatoms. The van der Waals surface area contributed by atoms with Gasteiger partial charge in [0.1, 0.15) is 5.69 Å². The summed E-state index contributed by atoms with van der Waals surface area (Å²) in [5.74, 6) is 0.395. The molecule has 1 aromatic rings. The summed E-state index contributed by atoms with van der Waals surface area (Å²) in [4.78, 5) is 15.4. The first-order valence-corrected chi connectivity index (χ1v) is 5.64. The number of rotatable bonds is 4. The second kappa shape index (κ2) is 4.96. The van der Waals surface area contributed by atoms with Crippen LogP contribution in [-0.4, -0.2) is 17.6 Å². The van der Waals surface area contributed by atoms with Gasteiger partial charge in [0, 0.05) is 0 Å². The summed E-state index contributed by atoms with van der Waals surface area (Å²) in [5.41, 5.74) is 6.35. The molecule has 1 aromatic heterocycles. The van der Waals surface area contributed by atoms with Crippen LogP contribution in [0.15, 0.2) is 18.3 Å². The van der Waals surface area contributed by atoms with Gasteiger partial charge in [0.25, 0.3) is 0 Å². The number of esters is 1. The van der Waals surface area contributed by atoms with Gasteiger partial charge < -0.3 is 10.5 Å². The molecule has 1 fully saturated rings. The van der Waals surface area contributed by atoms with Crippen molar-refractivity contribution in [3.8, 4) is 0 Å². The average molecular weight is 220 g/mol. The summed E-state index contributed by atoms with van der Waals surface area (Å²) in [6.45, 7) is 0.496. The van der Waals surface area contributed by atoms with Gasteiger partial charge in [-0.05, 0) is 24.5 Å². The number of carbonyl (C=O) groups is 1. The molecule has 16 heavy (non-hydrogen) atoms. The quantitative estimate of drug-likeness (QED) is 0.788. The second-order valence-electron chi connectivity index (χ2n) is 4.20. The third-order valence-electron chi connectivity index (χ3n) is 2.98. The lowest BCUT2D eigenvalue weighted by Gasteiger charge is -2.24. The van der Waals surface area contributed by atoms with E-state index in [1.165, 1.54) is 25.5 Å². The number of hydrogen-bond acceptors (Lipinski definition) is 4. The van der Waals surface area contributed by atoms with Crippen molar-refractivity contribution in [1.29, 1.82) is 0 Å². The normalized spacial score (nSPS) is 15.5. The van der Waals surface area contributed by atoms with Gasteiger partial charge >= 0.3 is 5.97 Å². The smallest absolute Gasteiger partial charge is 0.356 e. The van der Waals surface area contributed by atoms with Crippen molar-refractivity contribution in [3.05, 3.63) is 24.0 Å². The summed E-state index contributed by atoms with van der Waals surface area (Å²) in [5, 5.41) is 0. The van der Waals surface area contributed by atoms with Gasteiger partial charge in [-0.3, -0.25) is 0 Å². The average Bonchev–Trinajstić information content (AvgIpc) is 2.22. The van der Waals surface area contributed by atoms with E-state index in [4.69, 9.17) is 10.5 Å². The molecule has 2 rings (SSSR count). The van der Waals surface area contributed by atoms with Crippen LogP contribution in [0.4, 0.5) is 5.69 Å². The Morgan fingerprint density at radius 1 is 1.50 bits per heavy atom. The second-order valence-corrected chi connectivity index (χ2v) is 4.20. The lowest BCUT2D eigenvalue weighted by molar-refractivity contribution is 0.0457. The summed E-state index contributed by atoms with van der Waals surface area (Å²) in [6, 6.07) is 3.23. The van der Waals surface area contributed by atoms with E-state index in [0.29, 0.717) is 18.0 Å². The van der Waals surface area contributed by atoms with Crippen molar-refractivity contribution in [2.24, 2.45) is 5.92 Å². The van der Waals surface area contributed by atoms with E-state index in [9.17, 15) is 4.79 Å². The summed E-state index contributed by atoms with van der Waals surface area (Å²) < 4.78 is 5.13. The maximum absolute atomic E-state index is 11.5. The SMILES string of the molecule is Nc1ccc(C(=O)OCCC2CCC2)nc1. The molecule has 0 atom stereocenters. The van der Waals surface area contributed by atoms with Crippen LogP contribution >= 0.6 is 0 Å². The van der Waals surface area contributed by atoms with E-state index in [1.54, 1.807) is 12.1 Å². The molecule has 0 unspecified atom stereocenters. The number of nitrogen functional groups attached to an aromatic ring is 1. The van der Waals surface area contributed by atoms with E-state index in [-0.39, 0.29) is 5.97 Å². The molecule has 0 aliphatic heterocycles. The summed E-state index contributed by atoms with van der Waals surface area (Å²) in [6.07, 6.45) is 6.30. The fraction of sp³-hybridized carbons (Fsp3) is 0.500. The highest BCUT2D eigenvalue weighted by Crippen LogP contribution is 2.29.